The second-order valence-corrected chi connectivity index (χ2v) is 6.40. The first-order valence-corrected chi connectivity index (χ1v) is 8.02. The molecule has 4 unspecified atom stereocenters. The van der Waals surface area contributed by atoms with Crippen LogP contribution in [0.5, 0.6) is 0 Å². The maximum absolute atomic E-state index is 10.2. The van der Waals surface area contributed by atoms with E-state index in [9.17, 15) is 5.11 Å². The summed E-state index contributed by atoms with van der Waals surface area (Å²) in [5.41, 5.74) is 1.82. The largest absolute Gasteiger partial charge is 0.391 e. The normalized spacial score (nSPS) is 25.0. The zero-order chi connectivity index (χ0) is 16.9. The maximum Gasteiger partial charge on any atom is 0.0782 e. The molecule has 124 valence electrons. The number of β-amino-alcohol motifs (C(OH)–C–C–N with tert-alkyl or cyclic N) is 1. The highest BCUT2D eigenvalue weighted by Crippen LogP contribution is 2.29. The zero-order valence-electron chi connectivity index (χ0n) is 13.9. The summed E-state index contributed by atoms with van der Waals surface area (Å²) < 4.78 is 5.98. The van der Waals surface area contributed by atoms with Gasteiger partial charge in [0.15, 0.2) is 0 Å². The zero-order valence-corrected chi connectivity index (χ0v) is 14.6. The van der Waals surface area contributed by atoms with Crippen LogP contribution >= 0.6 is 11.6 Å². The van der Waals surface area contributed by atoms with Gasteiger partial charge in [0, 0.05) is 35.7 Å². The summed E-state index contributed by atoms with van der Waals surface area (Å²) in [6.07, 6.45) is 3.09. The number of aliphatic hydroxyl groups excluding tert-OH is 1. The van der Waals surface area contributed by atoms with Gasteiger partial charge in [-0.3, -0.25) is 0 Å². The van der Waals surface area contributed by atoms with Gasteiger partial charge in [0.1, 0.15) is 0 Å². The number of halogens is 1. The monoisotopic (exact) mass is 325 g/mol. The highest BCUT2D eigenvalue weighted by molar-refractivity contribution is 6.30. The van der Waals surface area contributed by atoms with Gasteiger partial charge in [-0.25, -0.2) is 0 Å². The number of allylic oxidation sites excluding steroid dienone is 2. The van der Waals surface area contributed by atoms with Gasteiger partial charge in [0.05, 0.1) is 18.8 Å². The van der Waals surface area contributed by atoms with Gasteiger partial charge in [0.25, 0.3) is 0 Å². The lowest BCUT2D eigenvalue weighted by Gasteiger charge is -2.26. The van der Waals surface area contributed by atoms with Gasteiger partial charge in [-0.15, -0.1) is 0 Å². The third kappa shape index (κ3) is 4.73. The molecule has 1 saturated heterocycles. The molecule has 0 aromatic rings. The average molecular weight is 326 g/mol. The summed E-state index contributed by atoms with van der Waals surface area (Å²) in [6.45, 7) is 19.3. The van der Waals surface area contributed by atoms with Crippen LogP contribution in [0.4, 0.5) is 0 Å². The van der Waals surface area contributed by atoms with Gasteiger partial charge in [-0.1, -0.05) is 43.0 Å². The van der Waals surface area contributed by atoms with Crippen molar-refractivity contribution < 1.29 is 9.84 Å². The maximum atomic E-state index is 10.2. The molecule has 0 saturated carbocycles. The molecule has 0 spiro atoms. The molecule has 1 rings (SSSR count). The van der Waals surface area contributed by atoms with Crippen LogP contribution in [0.1, 0.15) is 20.8 Å². The number of hydrogen-bond acceptors (Lipinski definition) is 3. The van der Waals surface area contributed by atoms with E-state index >= 15 is 0 Å². The predicted molar refractivity (Wildman–Crippen MR) is 93.7 cm³/mol. The van der Waals surface area contributed by atoms with Crippen LogP contribution in [0, 0.1) is 11.8 Å². The van der Waals surface area contributed by atoms with Crippen molar-refractivity contribution >= 4 is 11.6 Å². The van der Waals surface area contributed by atoms with E-state index in [0.29, 0.717) is 13.2 Å². The molecule has 0 radical (unpaired) electrons. The minimum absolute atomic E-state index is 0.00976. The topological polar surface area (TPSA) is 32.7 Å². The predicted octanol–water partition coefficient (Wildman–Crippen LogP) is 3.72. The highest BCUT2D eigenvalue weighted by Gasteiger charge is 2.32. The lowest BCUT2D eigenvalue weighted by Crippen LogP contribution is -2.29. The SMILES string of the molecule is C=CC(=C)N1CC(O)C(COC(C)C(C(=C)C)C(Cl)=CC)C1. The summed E-state index contributed by atoms with van der Waals surface area (Å²) >= 11 is 6.27. The molecule has 22 heavy (non-hydrogen) atoms. The molecule has 0 aliphatic carbocycles. The molecule has 1 N–H and O–H groups in total. The molecule has 4 atom stereocenters. The van der Waals surface area contributed by atoms with Crippen molar-refractivity contribution in [2.24, 2.45) is 11.8 Å². The van der Waals surface area contributed by atoms with Crippen molar-refractivity contribution in [2.45, 2.75) is 33.0 Å². The van der Waals surface area contributed by atoms with Crippen LogP contribution in [0.25, 0.3) is 0 Å². The Labute approximate surface area is 139 Å². The standard InChI is InChI=1S/C18H28ClNO2/c1-7-13(5)20-9-15(17(21)10-20)11-22-14(6)18(12(3)4)16(19)8-2/h7-8,14-15,17-18,21H,1,3,5,9-11H2,2,4,6H3. The molecule has 4 heteroatoms. The highest BCUT2D eigenvalue weighted by atomic mass is 35.5. The van der Waals surface area contributed by atoms with E-state index in [1.54, 1.807) is 6.08 Å². The van der Waals surface area contributed by atoms with Crippen molar-refractivity contribution in [1.29, 1.82) is 0 Å². The van der Waals surface area contributed by atoms with Gasteiger partial charge in [0.2, 0.25) is 0 Å². The van der Waals surface area contributed by atoms with E-state index in [2.05, 4.69) is 19.7 Å². The van der Waals surface area contributed by atoms with Crippen LogP contribution in [0.15, 0.2) is 48.2 Å². The van der Waals surface area contributed by atoms with Crippen LogP contribution in [0.2, 0.25) is 0 Å². The average Bonchev–Trinajstić information content (AvgIpc) is 2.85. The van der Waals surface area contributed by atoms with Crippen LogP contribution in [-0.4, -0.2) is 41.9 Å². The molecule has 0 bridgehead atoms. The Morgan fingerprint density at radius 3 is 2.59 bits per heavy atom. The molecule has 0 aromatic carbocycles. The molecule has 1 aliphatic heterocycles. The van der Waals surface area contributed by atoms with E-state index in [-0.39, 0.29) is 17.9 Å². The van der Waals surface area contributed by atoms with Gasteiger partial charge in [-0.2, -0.15) is 0 Å². The Balaban J connectivity index is 2.60. The fraction of sp³-hybridized carbons (Fsp3) is 0.556. The van der Waals surface area contributed by atoms with E-state index in [0.717, 1.165) is 22.8 Å². The minimum atomic E-state index is -0.413. The number of rotatable bonds is 8. The number of nitrogens with zero attached hydrogens (tertiary/aromatic N) is 1. The second kappa shape index (κ2) is 8.56. The molecule has 0 aromatic heterocycles. The minimum Gasteiger partial charge on any atom is -0.391 e. The number of aliphatic hydroxyl groups is 1. The Morgan fingerprint density at radius 2 is 2.09 bits per heavy atom. The van der Waals surface area contributed by atoms with Crippen molar-refractivity contribution in [3.63, 3.8) is 0 Å². The van der Waals surface area contributed by atoms with Crippen molar-refractivity contribution in [1.82, 2.24) is 4.90 Å². The van der Waals surface area contributed by atoms with E-state index in [1.165, 1.54) is 0 Å². The summed E-state index contributed by atoms with van der Waals surface area (Å²) in [4.78, 5) is 2.03. The van der Waals surface area contributed by atoms with Crippen molar-refractivity contribution in [3.8, 4) is 0 Å². The molecule has 1 heterocycles. The number of ether oxygens (including phenoxy) is 1. The Hall–Kier alpha value is -1.03. The molecule has 3 nitrogen and oxygen atoms in total. The van der Waals surface area contributed by atoms with Crippen molar-refractivity contribution in [3.05, 3.63) is 48.2 Å². The summed E-state index contributed by atoms with van der Waals surface area (Å²) in [5, 5.41) is 10.9. The fourth-order valence-electron chi connectivity index (χ4n) is 2.79. The Bertz CT molecular complexity index is 458. The summed E-state index contributed by atoms with van der Waals surface area (Å²) in [5.74, 6) is 0.0544. The third-order valence-electron chi connectivity index (χ3n) is 4.19. The van der Waals surface area contributed by atoms with Gasteiger partial charge < -0.3 is 14.7 Å². The van der Waals surface area contributed by atoms with Gasteiger partial charge >= 0.3 is 0 Å². The van der Waals surface area contributed by atoms with Gasteiger partial charge in [-0.05, 0) is 26.8 Å². The molecular formula is C18H28ClNO2. The van der Waals surface area contributed by atoms with E-state index < -0.39 is 6.10 Å². The molecule has 1 aliphatic rings. The lowest BCUT2D eigenvalue weighted by atomic mass is 9.95. The Morgan fingerprint density at radius 1 is 1.45 bits per heavy atom. The quantitative estimate of drug-likeness (QED) is 0.545. The van der Waals surface area contributed by atoms with E-state index in [4.69, 9.17) is 16.3 Å². The molecular weight excluding hydrogens is 298 g/mol. The van der Waals surface area contributed by atoms with Crippen LogP contribution in [-0.2, 0) is 4.74 Å². The Kier molecular flexibility index (Phi) is 7.40. The number of hydrogen-bond donors (Lipinski definition) is 1. The fourth-order valence-corrected chi connectivity index (χ4v) is 3.16. The third-order valence-corrected chi connectivity index (χ3v) is 4.65. The molecule has 1 fully saturated rings. The van der Waals surface area contributed by atoms with E-state index in [1.807, 2.05) is 31.7 Å². The van der Waals surface area contributed by atoms with Crippen LogP contribution in [0.3, 0.4) is 0 Å². The lowest BCUT2D eigenvalue weighted by molar-refractivity contribution is 0.000764. The second-order valence-electron chi connectivity index (χ2n) is 5.96. The number of likely N-dealkylation sites (tertiary alicyclic amines) is 1. The summed E-state index contributed by atoms with van der Waals surface area (Å²) in [7, 11) is 0. The summed E-state index contributed by atoms with van der Waals surface area (Å²) in [6, 6.07) is 0. The first-order valence-electron chi connectivity index (χ1n) is 7.64. The molecule has 0 amide bonds. The van der Waals surface area contributed by atoms with Crippen molar-refractivity contribution in [2.75, 3.05) is 19.7 Å². The van der Waals surface area contributed by atoms with Crippen LogP contribution < -0.4 is 0 Å². The first-order chi connectivity index (χ1) is 10.3. The smallest absolute Gasteiger partial charge is 0.0782 e. The first kappa shape index (κ1) is 19.0.